The minimum Gasteiger partial charge on any atom is -0.494 e. The van der Waals surface area contributed by atoms with Gasteiger partial charge in [0.2, 0.25) is 5.91 Å². The van der Waals surface area contributed by atoms with Crippen LogP contribution in [0.1, 0.15) is 34.5 Å². The molecule has 0 spiro atoms. The quantitative estimate of drug-likeness (QED) is 0.716. The van der Waals surface area contributed by atoms with E-state index in [1.165, 1.54) is 0 Å². The molecule has 3 aromatic rings. The number of carbonyl (C=O) groups is 2. The number of methoxy groups -OCH3 is 1. The van der Waals surface area contributed by atoms with Gasteiger partial charge in [0.1, 0.15) is 11.4 Å². The number of amides is 2. The minimum absolute atomic E-state index is 0.0961. The Morgan fingerprint density at radius 1 is 1.18 bits per heavy atom. The van der Waals surface area contributed by atoms with Crippen molar-refractivity contribution in [1.29, 1.82) is 0 Å². The highest BCUT2D eigenvalue weighted by Crippen LogP contribution is 2.34. The van der Waals surface area contributed by atoms with E-state index in [4.69, 9.17) is 4.74 Å². The van der Waals surface area contributed by atoms with Crippen LogP contribution >= 0.6 is 0 Å². The summed E-state index contributed by atoms with van der Waals surface area (Å²) in [6.45, 7) is 4.76. The van der Waals surface area contributed by atoms with E-state index in [1.54, 1.807) is 24.1 Å². The van der Waals surface area contributed by atoms with Gasteiger partial charge in [0.15, 0.2) is 0 Å². The summed E-state index contributed by atoms with van der Waals surface area (Å²) in [4.78, 5) is 29.7. The molecule has 0 bridgehead atoms. The first-order chi connectivity index (χ1) is 13.5. The van der Waals surface area contributed by atoms with E-state index >= 15 is 0 Å². The third-order valence-electron chi connectivity index (χ3n) is 5.14. The van der Waals surface area contributed by atoms with Crippen LogP contribution in [0.5, 0.6) is 5.75 Å². The monoisotopic (exact) mass is 377 g/mol. The number of fused-ring (bicyclic) bond motifs is 1. The molecule has 1 aliphatic rings. The number of ether oxygens (including phenoxy) is 1. The third kappa shape index (κ3) is 3.22. The molecule has 2 aromatic carbocycles. The van der Waals surface area contributed by atoms with Crippen LogP contribution in [-0.4, -0.2) is 30.5 Å². The van der Waals surface area contributed by atoms with Crippen LogP contribution < -0.4 is 15.0 Å². The number of hydrogen-bond acceptors (Lipinski definition) is 3. The number of carbonyl (C=O) groups excluding carboxylic acids is 2. The summed E-state index contributed by atoms with van der Waals surface area (Å²) >= 11 is 0. The van der Waals surface area contributed by atoms with Gasteiger partial charge in [-0.25, -0.2) is 0 Å². The van der Waals surface area contributed by atoms with Crippen LogP contribution in [0.2, 0.25) is 0 Å². The van der Waals surface area contributed by atoms with Crippen LogP contribution in [0.4, 0.5) is 11.4 Å². The molecule has 6 heteroatoms. The maximum Gasteiger partial charge on any atom is 0.272 e. The molecule has 1 saturated heterocycles. The molecule has 0 radical (unpaired) electrons. The van der Waals surface area contributed by atoms with E-state index < -0.39 is 0 Å². The van der Waals surface area contributed by atoms with Gasteiger partial charge in [-0.2, -0.15) is 0 Å². The van der Waals surface area contributed by atoms with Gasteiger partial charge in [-0.05, 0) is 55.7 Å². The van der Waals surface area contributed by atoms with Gasteiger partial charge < -0.3 is 19.9 Å². The molecular formula is C22H23N3O3. The molecule has 1 aromatic heterocycles. The predicted octanol–water partition coefficient (Wildman–Crippen LogP) is 4.17. The van der Waals surface area contributed by atoms with Crippen LogP contribution in [0, 0.1) is 13.8 Å². The topological polar surface area (TPSA) is 74.4 Å². The fourth-order valence-corrected chi connectivity index (χ4v) is 3.80. The molecule has 4 rings (SSSR count). The fourth-order valence-electron chi connectivity index (χ4n) is 3.80. The molecule has 6 nitrogen and oxygen atoms in total. The summed E-state index contributed by atoms with van der Waals surface area (Å²) in [5.41, 5.74) is 5.08. The Bertz CT molecular complexity index is 1080. The summed E-state index contributed by atoms with van der Waals surface area (Å²) in [6, 6.07) is 11.4. The fraction of sp³-hybridized carbons (Fsp3) is 0.273. The van der Waals surface area contributed by atoms with E-state index in [0.29, 0.717) is 30.1 Å². The second-order valence-electron chi connectivity index (χ2n) is 7.22. The summed E-state index contributed by atoms with van der Waals surface area (Å²) in [6.07, 6.45) is 1.40. The van der Waals surface area contributed by atoms with Crippen LogP contribution in [0.25, 0.3) is 10.9 Å². The number of benzene rings is 2. The normalized spacial score (nSPS) is 14.0. The smallest absolute Gasteiger partial charge is 0.272 e. The lowest BCUT2D eigenvalue weighted by atomic mass is 10.1. The van der Waals surface area contributed by atoms with Gasteiger partial charge in [0.25, 0.3) is 5.91 Å². The van der Waals surface area contributed by atoms with Gasteiger partial charge in [-0.15, -0.1) is 0 Å². The first-order valence-corrected chi connectivity index (χ1v) is 9.36. The van der Waals surface area contributed by atoms with E-state index in [0.717, 1.165) is 34.1 Å². The zero-order valence-electron chi connectivity index (χ0n) is 16.3. The lowest BCUT2D eigenvalue weighted by Crippen LogP contribution is -2.24. The molecule has 0 unspecified atom stereocenters. The summed E-state index contributed by atoms with van der Waals surface area (Å²) < 4.78 is 5.46. The van der Waals surface area contributed by atoms with Crippen molar-refractivity contribution in [3.05, 3.63) is 53.2 Å². The Hall–Kier alpha value is -3.28. The average Bonchev–Trinajstić information content (AvgIpc) is 3.28. The largest absolute Gasteiger partial charge is 0.494 e. The first kappa shape index (κ1) is 18.1. The SMILES string of the molecule is COc1cc(NC(=O)c2cc3c(C)cc(C)cc3[nH]2)ccc1N1CCCC1=O. The Labute approximate surface area is 163 Å². The lowest BCUT2D eigenvalue weighted by Gasteiger charge is -2.19. The van der Waals surface area contributed by atoms with Crippen LogP contribution in [0.15, 0.2) is 36.4 Å². The number of H-pyrrole nitrogens is 1. The van der Waals surface area contributed by atoms with Crippen molar-refractivity contribution in [2.24, 2.45) is 0 Å². The van der Waals surface area contributed by atoms with Crippen molar-refractivity contribution in [2.45, 2.75) is 26.7 Å². The molecular weight excluding hydrogens is 354 g/mol. The summed E-state index contributed by atoms with van der Waals surface area (Å²) in [7, 11) is 1.56. The Kier molecular flexibility index (Phi) is 4.55. The van der Waals surface area contributed by atoms with Crippen LogP contribution in [-0.2, 0) is 4.79 Å². The number of aryl methyl sites for hydroxylation is 2. The number of aromatic nitrogens is 1. The molecule has 0 aliphatic carbocycles. The zero-order chi connectivity index (χ0) is 19.8. The number of anilines is 2. The summed E-state index contributed by atoms with van der Waals surface area (Å²) in [5.74, 6) is 0.440. The molecule has 2 amide bonds. The predicted molar refractivity (Wildman–Crippen MR) is 110 cm³/mol. The Balaban J connectivity index is 1.59. The number of nitrogens with one attached hydrogen (secondary N) is 2. The molecule has 2 N–H and O–H groups in total. The summed E-state index contributed by atoms with van der Waals surface area (Å²) in [5, 5.41) is 3.94. The Morgan fingerprint density at radius 2 is 2.00 bits per heavy atom. The van der Waals surface area contributed by atoms with Crippen molar-refractivity contribution in [3.8, 4) is 5.75 Å². The second kappa shape index (κ2) is 7.03. The van der Waals surface area contributed by atoms with Gasteiger partial charge in [0.05, 0.1) is 12.8 Å². The highest BCUT2D eigenvalue weighted by atomic mass is 16.5. The second-order valence-corrected chi connectivity index (χ2v) is 7.22. The van der Waals surface area contributed by atoms with Crippen molar-refractivity contribution in [3.63, 3.8) is 0 Å². The van der Waals surface area contributed by atoms with Gasteiger partial charge in [-0.3, -0.25) is 9.59 Å². The van der Waals surface area contributed by atoms with E-state index in [-0.39, 0.29) is 11.8 Å². The van der Waals surface area contributed by atoms with E-state index in [9.17, 15) is 9.59 Å². The highest BCUT2D eigenvalue weighted by molar-refractivity contribution is 6.06. The van der Waals surface area contributed by atoms with E-state index in [1.807, 2.05) is 32.0 Å². The molecule has 1 fully saturated rings. The average molecular weight is 377 g/mol. The van der Waals surface area contributed by atoms with E-state index in [2.05, 4.69) is 16.4 Å². The third-order valence-corrected chi connectivity index (χ3v) is 5.14. The molecule has 1 aliphatic heterocycles. The molecule has 0 saturated carbocycles. The van der Waals surface area contributed by atoms with Crippen molar-refractivity contribution in [2.75, 3.05) is 23.9 Å². The number of nitrogens with zero attached hydrogens (tertiary/aromatic N) is 1. The van der Waals surface area contributed by atoms with Crippen LogP contribution in [0.3, 0.4) is 0 Å². The molecule has 2 heterocycles. The van der Waals surface area contributed by atoms with Crippen molar-refractivity contribution in [1.82, 2.24) is 4.98 Å². The maximum atomic E-state index is 12.7. The lowest BCUT2D eigenvalue weighted by molar-refractivity contribution is -0.117. The van der Waals surface area contributed by atoms with Gasteiger partial charge in [-0.1, -0.05) is 6.07 Å². The maximum absolute atomic E-state index is 12.7. The van der Waals surface area contributed by atoms with Gasteiger partial charge in [0, 0.05) is 35.6 Å². The zero-order valence-corrected chi connectivity index (χ0v) is 16.3. The molecule has 0 atom stereocenters. The standard InChI is InChI=1S/C22H23N3O3/c1-13-9-14(2)16-12-18(24-17(16)10-13)22(27)23-15-6-7-19(20(11-15)28-3)25-8-4-5-21(25)26/h6-7,9-12,24H,4-5,8H2,1-3H3,(H,23,27). The van der Waals surface area contributed by atoms with Crippen molar-refractivity contribution < 1.29 is 14.3 Å². The Morgan fingerprint density at radius 3 is 2.71 bits per heavy atom. The molecule has 144 valence electrons. The highest BCUT2D eigenvalue weighted by Gasteiger charge is 2.24. The molecule has 28 heavy (non-hydrogen) atoms. The number of aromatic amines is 1. The number of rotatable bonds is 4. The number of hydrogen-bond donors (Lipinski definition) is 2. The first-order valence-electron chi connectivity index (χ1n) is 9.36. The van der Waals surface area contributed by atoms with Gasteiger partial charge >= 0.3 is 0 Å². The van der Waals surface area contributed by atoms with Crippen molar-refractivity contribution >= 4 is 34.1 Å². The minimum atomic E-state index is -0.222.